The molecule has 4 aromatic rings. The van der Waals surface area contributed by atoms with E-state index in [0.717, 1.165) is 39.6 Å². The second kappa shape index (κ2) is 11.2. The molecule has 2 N–H and O–H groups in total. The number of nitro groups is 1. The van der Waals surface area contributed by atoms with Crippen molar-refractivity contribution in [3.63, 3.8) is 0 Å². The summed E-state index contributed by atoms with van der Waals surface area (Å²) in [4.78, 5) is 31.8. The molecule has 1 unspecified atom stereocenters. The minimum atomic E-state index is -0.530. The summed E-state index contributed by atoms with van der Waals surface area (Å²) in [7, 11) is 3.23. The average Bonchev–Trinajstić information content (AvgIpc) is 3.33. The number of amides is 1. The number of carbonyl (C=O) groups excluding carboxylic acids is 1. The first kappa shape index (κ1) is 25.8. The Morgan fingerprint density at radius 3 is 2.16 bits per heavy atom. The number of nitrogens with one attached hydrogen (secondary N) is 2. The third-order valence-corrected chi connectivity index (χ3v) is 6.76. The smallest absolute Gasteiger partial charge is 0.271 e. The number of thioether (sulfide) groups is 1. The summed E-state index contributed by atoms with van der Waals surface area (Å²) >= 11 is 1.26. The maximum Gasteiger partial charge on any atom is 0.271 e. The molecular formula is C27H26N4O5S. The minimum Gasteiger partial charge on any atom is -0.497 e. The highest BCUT2D eigenvalue weighted by Crippen LogP contribution is 2.35. The second-order valence-corrected chi connectivity index (χ2v) is 9.56. The molecule has 0 bridgehead atoms. The van der Waals surface area contributed by atoms with Crippen LogP contribution in [0.2, 0.25) is 0 Å². The molecule has 1 amide bonds. The lowest BCUT2D eigenvalue weighted by molar-refractivity contribution is -0.384. The van der Waals surface area contributed by atoms with E-state index in [4.69, 9.17) is 14.5 Å². The maximum absolute atomic E-state index is 13.0. The fraction of sp³-hybridized carbons (Fsp3) is 0.185. The van der Waals surface area contributed by atoms with Crippen molar-refractivity contribution < 1.29 is 19.2 Å². The van der Waals surface area contributed by atoms with Crippen LogP contribution in [-0.2, 0) is 4.79 Å². The summed E-state index contributed by atoms with van der Waals surface area (Å²) in [6, 6.07) is 19.6. The number of hydrogen-bond donors (Lipinski definition) is 2. The fourth-order valence-corrected chi connectivity index (χ4v) is 4.45. The molecular weight excluding hydrogens is 492 g/mol. The van der Waals surface area contributed by atoms with Crippen molar-refractivity contribution in [1.29, 1.82) is 0 Å². The molecule has 0 saturated carbocycles. The normalized spacial score (nSPS) is 11.6. The number of aromatic nitrogens is 2. The zero-order valence-corrected chi connectivity index (χ0v) is 21.6. The lowest BCUT2D eigenvalue weighted by Gasteiger charge is -2.12. The van der Waals surface area contributed by atoms with Gasteiger partial charge in [-0.15, -0.1) is 0 Å². The van der Waals surface area contributed by atoms with Crippen molar-refractivity contribution >= 4 is 29.0 Å². The van der Waals surface area contributed by atoms with Crippen molar-refractivity contribution in [2.24, 2.45) is 0 Å². The van der Waals surface area contributed by atoms with Gasteiger partial charge >= 0.3 is 0 Å². The Kier molecular flexibility index (Phi) is 7.78. The van der Waals surface area contributed by atoms with Crippen LogP contribution in [0.4, 0.5) is 11.4 Å². The lowest BCUT2D eigenvalue weighted by Crippen LogP contribution is -2.23. The van der Waals surface area contributed by atoms with E-state index >= 15 is 0 Å². The van der Waals surface area contributed by atoms with E-state index in [-0.39, 0.29) is 11.6 Å². The molecule has 0 radical (unpaired) electrons. The Labute approximate surface area is 218 Å². The van der Waals surface area contributed by atoms with Crippen LogP contribution < -0.4 is 14.8 Å². The number of non-ortho nitro benzene ring substituents is 1. The number of carbonyl (C=O) groups is 1. The molecule has 3 aromatic carbocycles. The highest BCUT2D eigenvalue weighted by Gasteiger charge is 2.21. The van der Waals surface area contributed by atoms with E-state index in [9.17, 15) is 14.9 Å². The predicted molar refractivity (Wildman–Crippen MR) is 144 cm³/mol. The molecule has 0 fully saturated rings. The van der Waals surface area contributed by atoms with Crippen molar-refractivity contribution in [3.05, 3.63) is 82.4 Å². The highest BCUT2D eigenvalue weighted by atomic mass is 32.2. The molecule has 1 aromatic heterocycles. The zero-order valence-electron chi connectivity index (χ0n) is 20.8. The third kappa shape index (κ3) is 5.92. The number of aromatic amines is 1. The molecule has 37 heavy (non-hydrogen) atoms. The molecule has 190 valence electrons. The summed E-state index contributed by atoms with van der Waals surface area (Å²) < 4.78 is 10.6. The van der Waals surface area contributed by atoms with E-state index in [1.165, 1.54) is 23.9 Å². The summed E-state index contributed by atoms with van der Waals surface area (Å²) in [5.74, 6) is 1.19. The minimum absolute atomic E-state index is 0.0829. The number of benzene rings is 3. The van der Waals surface area contributed by atoms with Gasteiger partial charge in [0.15, 0.2) is 5.16 Å². The van der Waals surface area contributed by atoms with E-state index in [1.54, 1.807) is 34.1 Å². The van der Waals surface area contributed by atoms with Crippen LogP contribution >= 0.6 is 11.8 Å². The number of H-pyrrole nitrogens is 1. The lowest BCUT2D eigenvalue weighted by atomic mass is 10.0. The van der Waals surface area contributed by atoms with Gasteiger partial charge in [-0.25, -0.2) is 4.98 Å². The van der Waals surface area contributed by atoms with Crippen molar-refractivity contribution in [2.75, 3.05) is 19.5 Å². The number of anilines is 1. The Balaban J connectivity index is 1.61. The first-order valence-corrected chi connectivity index (χ1v) is 12.3. The van der Waals surface area contributed by atoms with Gasteiger partial charge in [-0.2, -0.15) is 0 Å². The van der Waals surface area contributed by atoms with Gasteiger partial charge in [-0.05, 0) is 67.9 Å². The topological polar surface area (TPSA) is 119 Å². The standard InChI is InChI=1S/C27H26N4O5S/c1-16-5-10-20(31(33)34)15-23(16)28-26(32)17(2)37-27-29-24(18-6-11-21(35-3)12-7-18)25(30-27)19-8-13-22(36-4)14-9-19/h5-15,17H,1-4H3,(H,28,32)(H,29,30). The maximum atomic E-state index is 13.0. The van der Waals surface area contributed by atoms with Crippen LogP contribution in [0.1, 0.15) is 12.5 Å². The van der Waals surface area contributed by atoms with E-state index in [0.29, 0.717) is 10.8 Å². The van der Waals surface area contributed by atoms with Gasteiger partial charge in [-0.3, -0.25) is 14.9 Å². The molecule has 1 atom stereocenters. The van der Waals surface area contributed by atoms with Crippen molar-refractivity contribution in [2.45, 2.75) is 24.3 Å². The number of imidazole rings is 1. The van der Waals surface area contributed by atoms with Crippen LogP contribution in [-0.4, -0.2) is 40.3 Å². The van der Waals surface area contributed by atoms with Crippen LogP contribution in [0.3, 0.4) is 0 Å². The molecule has 4 rings (SSSR count). The molecule has 0 aliphatic carbocycles. The summed E-state index contributed by atoms with van der Waals surface area (Å²) in [5, 5.41) is 14.0. The number of hydrogen-bond acceptors (Lipinski definition) is 7. The van der Waals surface area contributed by atoms with Gasteiger partial charge in [0.1, 0.15) is 11.5 Å². The molecule has 0 aliphatic rings. The van der Waals surface area contributed by atoms with Gasteiger partial charge in [0.05, 0.1) is 41.5 Å². The summed E-state index contributed by atoms with van der Waals surface area (Å²) in [6.07, 6.45) is 0. The van der Waals surface area contributed by atoms with E-state index in [1.807, 2.05) is 48.5 Å². The third-order valence-electron chi connectivity index (χ3n) is 5.77. The molecule has 0 spiro atoms. The van der Waals surface area contributed by atoms with Crippen LogP contribution in [0, 0.1) is 17.0 Å². The van der Waals surface area contributed by atoms with Gasteiger partial charge < -0.3 is 19.8 Å². The number of rotatable bonds is 9. The molecule has 9 nitrogen and oxygen atoms in total. The van der Waals surface area contributed by atoms with Gasteiger partial charge in [0.25, 0.3) is 5.69 Å². The second-order valence-electron chi connectivity index (χ2n) is 8.23. The Morgan fingerprint density at radius 2 is 1.59 bits per heavy atom. The number of nitro benzene ring substituents is 1. The van der Waals surface area contributed by atoms with Gasteiger partial charge in [-0.1, -0.05) is 17.8 Å². The fourth-order valence-electron chi connectivity index (χ4n) is 3.65. The largest absolute Gasteiger partial charge is 0.497 e. The SMILES string of the molecule is COc1ccc(-c2nc(SC(C)C(=O)Nc3cc([N+](=O)[O-])ccc3C)[nH]c2-c2ccc(OC)cc2)cc1. The summed E-state index contributed by atoms with van der Waals surface area (Å²) in [5.41, 5.74) is 4.39. The highest BCUT2D eigenvalue weighted by molar-refractivity contribution is 8.00. The quantitative estimate of drug-likeness (QED) is 0.156. The Hall–Kier alpha value is -4.31. The number of nitrogens with zero attached hydrogens (tertiary/aromatic N) is 2. The average molecular weight is 519 g/mol. The molecule has 0 saturated heterocycles. The van der Waals surface area contributed by atoms with Crippen molar-refractivity contribution in [1.82, 2.24) is 9.97 Å². The Morgan fingerprint density at radius 1 is 1.00 bits per heavy atom. The number of aryl methyl sites for hydroxylation is 1. The van der Waals surface area contributed by atoms with Crippen LogP contribution in [0.25, 0.3) is 22.5 Å². The van der Waals surface area contributed by atoms with Crippen LogP contribution in [0.15, 0.2) is 71.9 Å². The van der Waals surface area contributed by atoms with Gasteiger partial charge in [0, 0.05) is 23.3 Å². The molecule has 0 aliphatic heterocycles. The molecule has 10 heteroatoms. The number of methoxy groups -OCH3 is 2. The van der Waals surface area contributed by atoms with Crippen LogP contribution in [0.5, 0.6) is 11.5 Å². The monoisotopic (exact) mass is 518 g/mol. The first-order chi connectivity index (χ1) is 17.8. The number of ether oxygens (including phenoxy) is 2. The van der Waals surface area contributed by atoms with E-state index in [2.05, 4.69) is 10.3 Å². The van der Waals surface area contributed by atoms with E-state index < -0.39 is 10.2 Å². The first-order valence-electron chi connectivity index (χ1n) is 11.4. The molecule has 1 heterocycles. The summed E-state index contributed by atoms with van der Waals surface area (Å²) in [6.45, 7) is 3.54. The Bertz CT molecular complexity index is 1350. The zero-order chi connectivity index (χ0) is 26.5. The van der Waals surface area contributed by atoms with Gasteiger partial charge in [0.2, 0.25) is 5.91 Å². The predicted octanol–water partition coefficient (Wildman–Crippen LogP) is 6.10. The van der Waals surface area contributed by atoms with Crippen molar-refractivity contribution in [3.8, 4) is 34.0 Å².